The molecule has 0 amide bonds. The van der Waals surface area contributed by atoms with Crippen molar-refractivity contribution in [2.45, 2.75) is 33.6 Å². The van der Waals surface area contributed by atoms with Crippen LogP contribution < -0.4 is 4.57 Å². The van der Waals surface area contributed by atoms with Gasteiger partial charge in [-0.3, -0.25) is 0 Å². The Morgan fingerprint density at radius 2 is 1.50 bits per heavy atom. The lowest BCUT2D eigenvalue weighted by Gasteiger charge is -2.13. The molecule has 0 aliphatic carbocycles. The van der Waals surface area contributed by atoms with Gasteiger partial charge in [0.25, 0.3) is 0 Å². The van der Waals surface area contributed by atoms with Gasteiger partial charge in [-0.15, -0.1) is 0 Å². The Morgan fingerprint density at radius 3 is 2.18 bits per heavy atom. The quantitative estimate of drug-likeness (QED) is 0.354. The van der Waals surface area contributed by atoms with E-state index < -0.39 is 0 Å². The molecule has 0 unspecified atom stereocenters. The molecule has 0 saturated heterocycles. The van der Waals surface area contributed by atoms with E-state index in [1.807, 2.05) is 0 Å². The SMILES string of the molecule is Cc1cc(-c2ccccc2)ccc1-c1c2ccc(C(C)C)cc2cc(C)[n+]1C. The van der Waals surface area contributed by atoms with Gasteiger partial charge in [0.15, 0.2) is 5.69 Å². The van der Waals surface area contributed by atoms with Crippen molar-refractivity contribution in [3.05, 3.63) is 89.6 Å². The Bertz CT molecular complexity index is 1150. The van der Waals surface area contributed by atoms with Crippen LogP contribution in [0.2, 0.25) is 0 Å². The van der Waals surface area contributed by atoms with Gasteiger partial charge in [-0.25, -0.2) is 0 Å². The van der Waals surface area contributed by atoms with Crippen LogP contribution in [0.5, 0.6) is 0 Å². The minimum Gasteiger partial charge on any atom is -0.198 e. The third-order valence-corrected chi connectivity index (χ3v) is 5.81. The Balaban J connectivity index is 1.92. The fraction of sp³-hybridized carbons (Fsp3) is 0.222. The predicted octanol–water partition coefficient (Wildman–Crippen LogP) is 6.74. The van der Waals surface area contributed by atoms with E-state index >= 15 is 0 Å². The Labute approximate surface area is 168 Å². The highest BCUT2D eigenvalue weighted by Crippen LogP contribution is 2.32. The molecule has 4 rings (SSSR count). The van der Waals surface area contributed by atoms with Gasteiger partial charge in [-0.1, -0.05) is 68.4 Å². The van der Waals surface area contributed by atoms with Gasteiger partial charge in [-0.2, -0.15) is 4.57 Å². The minimum absolute atomic E-state index is 0.536. The van der Waals surface area contributed by atoms with Crippen LogP contribution in [-0.4, -0.2) is 0 Å². The standard InChI is InChI=1S/C27H28N/c1-18(2)22-11-14-26-24(17-22)16-20(4)28(5)27(26)25-13-12-23(15-19(25)3)21-9-7-6-8-10-21/h6-18H,1-5H3/q+1. The molecule has 0 bridgehead atoms. The number of hydrogen-bond acceptors (Lipinski definition) is 0. The molecule has 1 nitrogen and oxygen atoms in total. The first-order chi connectivity index (χ1) is 13.5. The maximum absolute atomic E-state index is 2.35. The average Bonchev–Trinajstić information content (AvgIpc) is 2.70. The number of rotatable bonds is 3. The van der Waals surface area contributed by atoms with Gasteiger partial charge in [0.1, 0.15) is 7.05 Å². The van der Waals surface area contributed by atoms with Crippen molar-refractivity contribution in [3.8, 4) is 22.4 Å². The summed E-state index contributed by atoms with van der Waals surface area (Å²) in [6.07, 6.45) is 0. The first-order valence-electron chi connectivity index (χ1n) is 10.1. The molecule has 0 atom stereocenters. The zero-order chi connectivity index (χ0) is 19.8. The highest BCUT2D eigenvalue weighted by Gasteiger charge is 2.20. The Morgan fingerprint density at radius 1 is 0.750 bits per heavy atom. The lowest BCUT2D eigenvalue weighted by atomic mass is 9.93. The van der Waals surface area contributed by atoms with Crippen molar-refractivity contribution >= 4 is 10.8 Å². The van der Waals surface area contributed by atoms with Gasteiger partial charge >= 0.3 is 0 Å². The molecular formula is C27H28N+. The molecule has 1 heteroatoms. The van der Waals surface area contributed by atoms with Crippen LogP contribution in [0.3, 0.4) is 0 Å². The van der Waals surface area contributed by atoms with Crippen LogP contribution in [0.4, 0.5) is 0 Å². The Hall–Kier alpha value is -2.93. The molecule has 0 aliphatic rings. The van der Waals surface area contributed by atoms with Gasteiger partial charge < -0.3 is 0 Å². The number of benzene rings is 3. The molecule has 0 radical (unpaired) electrons. The van der Waals surface area contributed by atoms with Crippen molar-refractivity contribution in [3.63, 3.8) is 0 Å². The van der Waals surface area contributed by atoms with E-state index in [1.165, 1.54) is 50.0 Å². The summed E-state index contributed by atoms with van der Waals surface area (Å²) in [6, 6.07) is 26.7. The molecule has 0 spiro atoms. The molecule has 0 aliphatic heterocycles. The zero-order valence-electron chi connectivity index (χ0n) is 17.5. The first-order valence-corrected chi connectivity index (χ1v) is 10.1. The lowest BCUT2D eigenvalue weighted by molar-refractivity contribution is -0.665. The van der Waals surface area contributed by atoms with Crippen molar-refractivity contribution in [2.24, 2.45) is 7.05 Å². The van der Waals surface area contributed by atoms with Crippen molar-refractivity contribution in [2.75, 3.05) is 0 Å². The molecule has 0 fully saturated rings. The number of pyridine rings is 1. The minimum atomic E-state index is 0.536. The van der Waals surface area contributed by atoms with E-state index in [2.05, 4.69) is 112 Å². The highest BCUT2D eigenvalue weighted by atomic mass is 14.9. The van der Waals surface area contributed by atoms with Crippen molar-refractivity contribution in [1.29, 1.82) is 0 Å². The summed E-state index contributed by atoms with van der Waals surface area (Å²) >= 11 is 0. The largest absolute Gasteiger partial charge is 0.220 e. The monoisotopic (exact) mass is 366 g/mol. The summed E-state index contributed by atoms with van der Waals surface area (Å²) in [5.74, 6) is 0.536. The van der Waals surface area contributed by atoms with Crippen LogP contribution in [0.15, 0.2) is 72.8 Å². The summed E-state index contributed by atoms with van der Waals surface area (Å²) in [7, 11) is 2.17. The van der Waals surface area contributed by atoms with Crippen LogP contribution in [-0.2, 0) is 7.05 Å². The highest BCUT2D eigenvalue weighted by molar-refractivity contribution is 5.94. The van der Waals surface area contributed by atoms with Gasteiger partial charge in [0.05, 0.1) is 5.39 Å². The number of hydrogen-bond donors (Lipinski definition) is 0. The molecule has 3 aromatic carbocycles. The van der Waals surface area contributed by atoms with E-state index in [0.717, 1.165) is 0 Å². The van der Waals surface area contributed by atoms with E-state index in [9.17, 15) is 0 Å². The van der Waals surface area contributed by atoms with Crippen LogP contribution >= 0.6 is 0 Å². The van der Waals surface area contributed by atoms with Crippen molar-refractivity contribution < 1.29 is 4.57 Å². The van der Waals surface area contributed by atoms with Crippen LogP contribution in [0.25, 0.3) is 33.2 Å². The van der Waals surface area contributed by atoms with E-state index in [0.29, 0.717) is 5.92 Å². The fourth-order valence-corrected chi connectivity index (χ4v) is 4.02. The Kier molecular flexibility index (Phi) is 4.77. The smallest absolute Gasteiger partial charge is 0.198 e. The molecule has 140 valence electrons. The zero-order valence-corrected chi connectivity index (χ0v) is 17.5. The fourth-order valence-electron chi connectivity index (χ4n) is 4.02. The third kappa shape index (κ3) is 3.22. The van der Waals surface area contributed by atoms with Gasteiger partial charge in [0, 0.05) is 18.6 Å². The van der Waals surface area contributed by atoms with E-state index in [1.54, 1.807) is 0 Å². The van der Waals surface area contributed by atoms with Crippen LogP contribution in [0.1, 0.15) is 36.6 Å². The van der Waals surface area contributed by atoms with E-state index in [4.69, 9.17) is 0 Å². The van der Waals surface area contributed by atoms with Crippen molar-refractivity contribution in [1.82, 2.24) is 0 Å². The maximum Gasteiger partial charge on any atom is 0.220 e. The molecule has 4 aromatic rings. The predicted molar refractivity (Wildman–Crippen MR) is 120 cm³/mol. The molecule has 0 saturated carbocycles. The summed E-state index contributed by atoms with van der Waals surface area (Å²) in [5, 5.41) is 2.64. The second kappa shape index (κ2) is 7.24. The molecule has 1 heterocycles. The third-order valence-electron chi connectivity index (χ3n) is 5.81. The second-order valence-electron chi connectivity index (χ2n) is 8.09. The molecule has 0 N–H and O–H groups in total. The number of aryl methyl sites for hydroxylation is 2. The van der Waals surface area contributed by atoms with Crippen LogP contribution in [0, 0.1) is 13.8 Å². The molecule has 1 aromatic heterocycles. The molecular weight excluding hydrogens is 338 g/mol. The second-order valence-corrected chi connectivity index (χ2v) is 8.09. The summed E-state index contributed by atoms with van der Waals surface area (Å²) in [5.41, 5.74) is 9.09. The normalized spacial score (nSPS) is 11.4. The summed E-state index contributed by atoms with van der Waals surface area (Å²) < 4.78 is 2.32. The summed E-state index contributed by atoms with van der Waals surface area (Å²) in [6.45, 7) is 8.92. The maximum atomic E-state index is 2.35. The van der Waals surface area contributed by atoms with Gasteiger partial charge in [0.2, 0.25) is 5.69 Å². The lowest BCUT2D eigenvalue weighted by Crippen LogP contribution is -2.35. The topological polar surface area (TPSA) is 3.88 Å². The van der Waals surface area contributed by atoms with E-state index in [-0.39, 0.29) is 0 Å². The number of fused-ring (bicyclic) bond motifs is 1. The summed E-state index contributed by atoms with van der Waals surface area (Å²) in [4.78, 5) is 0. The number of aromatic nitrogens is 1. The first kappa shape index (κ1) is 18.4. The number of nitrogens with zero attached hydrogens (tertiary/aromatic N) is 1. The van der Waals surface area contributed by atoms with Gasteiger partial charge in [-0.05, 0) is 52.6 Å². The molecule has 28 heavy (non-hydrogen) atoms. The average molecular weight is 367 g/mol.